The summed E-state index contributed by atoms with van der Waals surface area (Å²) in [5.41, 5.74) is 3.93. The maximum Gasteiger partial charge on any atom is 0.356 e. The second-order valence-corrected chi connectivity index (χ2v) is 6.70. The number of benzene rings is 2. The fraction of sp³-hybridized carbons (Fsp3) is 0.182. The molecule has 0 aliphatic carbocycles. The van der Waals surface area contributed by atoms with Crippen LogP contribution >= 0.6 is 0 Å². The van der Waals surface area contributed by atoms with E-state index in [1.54, 1.807) is 13.0 Å². The molecule has 0 aliphatic heterocycles. The van der Waals surface area contributed by atoms with Crippen molar-refractivity contribution in [3.63, 3.8) is 0 Å². The Morgan fingerprint density at radius 2 is 1.86 bits per heavy atom. The summed E-state index contributed by atoms with van der Waals surface area (Å²) in [6, 6.07) is 15.0. The maximum absolute atomic E-state index is 12.4. The number of nitrogens with zero attached hydrogens (tertiary/aromatic N) is 2. The van der Waals surface area contributed by atoms with E-state index in [1.807, 2.05) is 49.4 Å². The van der Waals surface area contributed by atoms with Gasteiger partial charge < -0.3 is 15.7 Å². The number of carboxylic acids is 1. The standard InChI is InChI=1S/C22H22N4O3/c1-14-5-3-7-17(11-14)21(27)25-18-8-4-6-16(12-18)9-10-23-20-15(2)24-13-19(26-20)22(28)29/h3-8,11-13H,9-10H2,1-2H3,(H,23,26)(H,25,27)(H,28,29). The van der Waals surface area contributed by atoms with Crippen LogP contribution in [0, 0.1) is 13.8 Å². The van der Waals surface area contributed by atoms with Crippen LogP contribution in [0.25, 0.3) is 0 Å². The second-order valence-electron chi connectivity index (χ2n) is 6.70. The number of nitrogens with one attached hydrogen (secondary N) is 2. The highest BCUT2D eigenvalue weighted by molar-refractivity contribution is 6.04. The van der Waals surface area contributed by atoms with Crippen LogP contribution in [0.15, 0.2) is 54.7 Å². The van der Waals surface area contributed by atoms with E-state index >= 15 is 0 Å². The van der Waals surface area contributed by atoms with E-state index in [2.05, 4.69) is 20.6 Å². The summed E-state index contributed by atoms with van der Waals surface area (Å²) < 4.78 is 0. The van der Waals surface area contributed by atoms with Crippen LogP contribution in [-0.4, -0.2) is 33.5 Å². The van der Waals surface area contributed by atoms with Gasteiger partial charge in [-0.3, -0.25) is 9.78 Å². The molecule has 148 valence electrons. The first kappa shape index (κ1) is 20.0. The van der Waals surface area contributed by atoms with Crippen LogP contribution in [0.1, 0.15) is 37.7 Å². The molecule has 0 radical (unpaired) electrons. The van der Waals surface area contributed by atoms with Crippen LogP contribution in [0.4, 0.5) is 11.5 Å². The van der Waals surface area contributed by atoms with E-state index in [-0.39, 0.29) is 11.6 Å². The smallest absolute Gasteiger partial charge is 0.356 e. The third-order valence-electron chi connectivity index (χ3n) is 4.35. The minimum absolute atomic E-state index is 0.0982. The predicted octanol–water partition coefficient (Wildman–Crippen LogP) is 3.70. The van der Waals surface area contributed by atoms with Crippen molar-refractivity contribution in [2.75, 3.05) is 17.2 Å². The Morgan fingerprint density at radius 1 is 1.07 bits per heavy atom. The molecular weight excluding hydrogens is 368 g/mol. The lowest BCUT2D eigenvalue weighted by Gasteiger charge is -2.10. The molecule has 7 nitrogen and oxygen atoms in total. The highest BCUT2D eigenvalue weighted by Gasteiger charge is 2.10. The summed E-state index contributed by atoms with van der Waals surface area (Å²) in [7, 11) is 0. The first-order chi connectivity index (χ1) is 13.9. The Kier molecular flexibility index (Phi) is 6.19. The Balaban J connectivity index is 1.61. The summed E-state index contributed by atoms with van der Waals surface area (Å²) in [6.07, 6.45) is 1.91. The van der Waals surface area contributed by atoms with Crippen LogP contribution in [0.2, 0.25) is 0 Å². The van der Waals surface area contributed by atoms with Gasteiger partial charge in [-0.1, -0.05) is 29.8 Å². The van der Waals surface area contributed by atoms with Gasteiger partial charge in [0.2, 0.25) is 0 Å². The number of hydrogen-bond acceptors (Lipinski definition) is 5. The molecule has 0 saturated carbocycles. The number of aromatic nitrogens is 2. The average molecular weight is 390 g/mol. The van der Waals surface area contributed by atoms with Crippen LogP contribution in [-0.2, 0) is 6.42 Å². The van der Waals surface area contributed by atoms with Gasteiger partial charge >= 0.3 is 5.97 Å². The van der Waals surface area contributed by atoms with E-state index in [0.717, 1.165) is 16.8 Å². The lowest BCUT2D eigenvalue weighted by Crippen LogP contribution is -2.13. The summed E-state index contributed by atoms with van der Waals surface area (Å²) in [6.45, 7) is 4.26. The van der Waals surface area contributed by atoms with Crippen LogP contribution in [0.3, 0.4) is 0 Å². The number of rotatable bonds is 7. The van der Waals surface area contributed by atoms with E-state index in [4.69, 9.17) is 5.11 Å². The average Bonchev–Trinajstić information content (AvgIpc) is 2.69. The van der Waals surface area contributed by atoms with E-state index in [1.165, 1.54) is 6.20 Å². The van der Waals surface area contributed by atoms with Gasteiger partial charge in [0.05, 0.1) is 11.9 Å². The highest BCUT2D eigenvalue weighted by Crippen LogP contribution is 2.15. The molecule has 0 spiro atoms. The molecule has 29 heavy (non-hydrogen) atoms. The first-order valence-corrected chi connectivity index (χ1v) is 9.20. The van der Waals surface area contributed by atoms with Crippen LogP contribution < -0.4 is 10.6 Å². The first-order valence-electron chi connectivity index (χ1n) is 9.20. The number of aromatic carboxylic acids is 1. The number of amides is 1. The van der Waals surface area contributed by atoms with Gasteiger partial charge in [-0.2, -0.15) is 0 Å². The van der Waals surface area contributed by atoms with Crippen molar-refractivity contribution in [3.05, 3.63) is 82.8 Å². The second kappa shape index (κ2) is 8.97. The van der Waals surface area contributed by atoms with Crippen molar-refractivity contribution in [1.82, 2.24) is 9.97 Å². The van der Waals surface area contributed by atoms with Crippen molar-refractivity contribution < 1.29 is 14.7 Å². The zero-order valence-electron chi connectivity index (χ0n) is 16.3. The van der Waals surface area contributed by atoms with Crippen molar-refractivity contribution in [1.29, 1.82) is 0 Å². The lowest BCUT2D eigenvalue weighted by molar-refractivity contribution is 0.0690. The number of carboxylic acid groups (broad SMARTS) is 1. The Hall–Kier alpha value is -3.74. The van der Waals surface area contributed by atoms with Gasteiger partial charge in [-0.25, -0.2) is 9.78 Å². The summed E-state index contributed by atoms with van der Waals surface area (Å²) >= 11 is 0. The Morgan fingerprint density at radius 3 is 2.62 bits per heavy atom. The predicted molar refractivity (Wildman–Crippen MR) is 111 cm³/mol. The molecule has 0 aliphatic rings. The van der Waals surface area contributed by atoms with E-state index in [0.29, 0.717) is 30.0 Å². The van der Waals surface area contributed by atoms with Crippen molar-refractivity contribution >= 4 is 23.4 Å². The molecule has 0 saturated heterocycles. The molecule has 3 N–H and O–H groups in total. The minimum Gasteiger partial charge on any atom is -0.476 e. The largest absolute Gasteiger partial charge is 0.476 e. The van der Waals surface area contributed by atoms with Gasteiger partial charge in [0, 0.05) is 17.8 Å². The monoisotopic (exact) mass is 390 g/mol. The Bertz CT molecular complexity index is 1050. The molecule has 3 aromatic rings. The maximum atomic E-state index is 12.4. The summed E-state index contributed by atoms with van der Waals surface area (Å²) in [5, 5.41) is 15.1. The zero-order chi connectivity index (χ0) is 20.8. The van der Waals surface area contributed by atoms with Gasteiger partial charge in [-0.15, -0.1) is 0 Å². The zero-order valence-corrected chi connectivity index (χ0v) is 16.3. The van der Waals surface area contributed by atoms with Crippen LogP contribution in [0.5, 0.6) is 0 Å². The molecule has 1 amide bonds. The van der Waals surface area contributed by atoms with Gasteiger partial charge in [-0.05, 0) is 50.1 Å². The molecule has 0 unspecified atom stereocenters. The summed E-state index contributed by atoms with van der Waals surface area (Å²) in [5.74, 6) is -0.813. The topological polar surface area (TPSA) is 104 Å². The molecule has 2 aromatic carbocycles. The molecular formula is C22H22N4O3. The molecule has 0 fully saturated rings. The summed E-state index contributed by atoms with van der Waals surface area (Å²) in [4.78, 5) is 31.6. The highest BCUT2D eigenvalue weighted by atomic mass is 16.4. The Labute approximate surface area is 168 Å². The molecule has 3 rings (SSSR count). The number of aryl methyl sites for hydroxylation is 2. The molecule has 1 aromatic heterocycles. The normalized spacial score (nSPS) is 10.4. The quantitative estimate of drug-likeness (QED) is 0.568. The van der Waals surface area contributed by atoms with Gasteiger partial charge in [0.1, 0.15) is 5.82 Å². The SMILES string of the molecule is Cc1cccc(C(=O)Nc2cccc(CCNc3nc(C(=O)O)cnc3C)c2)c1. The number of carbonyl (C=O) groups is 2. The van der Waals surface area contributed by atoms with Crippen molar-refractivity contribution in [3.8, 4) is 0 Å². The number of anilines is 2. The fourth-order valence-corrected chi connectivity index (χ4v) is 2.84. The minimum atomic E-state index is -1.11. The number of carbonyl (C=O) groups excluding carboxylic acids is 1. The third kappa shape index (κ3) is 5.38. The molecule has 0 atom stereocenters. The van der Waals surface area contributed by atoms with Crippen molar-refractivity contribution in [2.45, 2.75) is 20.3 Å². The van der Waals surface area contributed by atoms with E-state index in [9.17, 15) is 9.59 Å². The molecule has 7 heteroatoms. The third-order valence-corrected chi connectivity index (χ3v) is 4.35. The van der Waals surface area contributed by atoms with E-state index < -0.39 is 5.97 Å². The fourth-order valence-electron chi connectivity index (χ4n) is 2.84. The lowest BCUT2D eigenvalue weighted by atomic mass is 10.1. The van der Waals surface area contributed by atoms with Crippen molar-refractivity contribution in [2.24, 2.45) is 0 Å². The molecule has 1 heterocycles. The van der Waals surface area contributed by atoms with Gasteiger partial charge in [0.25, 0.3) is 5.91 Å². The number of hydrogen-bond donors (Lipinski definition) is 3. The van der Waals surface area contributed by atoms with Gasteiger partial charge in [0.15, 0.2) is 5.69 Å². The molecule has 0 bridgehead atoms.